The van der Waals surface area contributed by atoms with E-state index in [9.17, 15) is 9.59 Å². The number of hydrogen-bond donors (Lipinski definition) is 1. The number of ether oxygens (including phenoxy) is 1. The monoisotopic (exact) mass is 367 g/mol. The van der Waals surface area contributed by atoms with E-state index in [0.29, 0.717) is 31.1 Å². The molecule has 0 aliphatic carbocycles. The van der Waals surface area contributed by atoms with Crippen molar-refractivity contribution < 1.29 is 14.3 Å². The van der Waals surface area contributed by atoms with Gasteiger partial charge in [-0.3, -0.25) is 14.5 Å². The van der Waals surface area contributed by atoms with Gasteiger partial charge in [-0.05, 0) is 30.7 Å². The third-order valence-corrected chi connectivity index (χ3v) is 4.53. The molecule has 6 nitrogen and oxygen atoms in total. The minimum absolute atomic E-state index is 0.0876. The Balaban J connectivity index is 1.59. The summed E-state index contributed by atoms with van der Waals surface area (Å²) in [5, 5.41) is 2.95. The molecule has 2 aromatic carbocycles. The van der Waals surface area contributed by atoms with Gasteiger partial charge in [0.1, 0.15) is 5.75 Å². The SMILES string of the molecule is CC(=O)N1CCCN(CC(=O)Nc2ccccc2Oc2ccccc2)CC1. The summed E-state index contributed by atoms with van der Waals surface area (Å²) >= 11 is 0. The maximum atomic E-state index is 12.5. The molecule has 1 heterocycles. The largest absolute Gasteiger partial charge is 0.455 e. The Kier molecular flexibility index (Phi) is 6.44. The van der Waals surface area contributed by atoms with Gasteiger partial charge in [-0.1, -0.05) is 30.3 Å². The van der Waals surface area contributed by atoms with E-state index < -0.39 is 0 Å². The molecule has 1 fully saturated rings. The molecule has 142 valence electrons. The molecule has 27 heavy (non-hydrogen) atoms. The molecular weight excluding hydrogens is 342 g/mol. The molecule has 0 spiro atoms. The van der Waals surface area contributed by atoms with Crippen molar-refractivity contribution in [1.82, 2.24) is 9.80 Å². The number of nitrogens with zero attached hydrogens (tertiary/aromatic N) is 2. The summed E-state index contributed by atoms with van der Waals surface area (Å²) in [5.41, 5.74) is 0.645. The zero-order valence-corrected chi connectivity index (χ0v) is 15.6. The van der Waals surface area contributed by atoms with Crippen LogP contribution in [0.15, 0.2) is 54.6 Å². The van der Waals surface area contributed by atoms with Crippen LogP contribution >= 0.6 is 0 Å². The summed E-state index contributed by atoms with van der Waals surface area (Å²) in [7, 11) is 0. The molecule has 0 bridgehead atoms. The Bertz CT molecular complexity index is 779. The summed E-state index contributed by atoms with van der Waals surface area (Å²) in [6.45, 7) is 4.81. The molecule has 0 aromatic heterocycles. The van der Waals surface area contributed by atoms with E-state index in [2.05, 4.69) is 10.2 Å². The molecule has 0 radical (unpaired) electrons. The fraction of sp³-hybridized carbons (Fsp3) is 0.333. The van der Waals surface area contributed by atoms with Crippen molar-refractivity contribution in [2.24, 2.45) is 0 Å². The fourth-order valence-electron chi connectivity index (χ4n) is 3.11. The molecule has 1 N–H and O–H groups in total. The van der Waals surface area contributed by atoms with E-state index >= 15 is 0 Å². The summed E-state index contributed by atoms with van der Waals surface area (Å²) in [6, 6.07) is 16.9. The van der Waals surface area contributed by atoms with Crippen LogP contribution in [0.25, 0.3) is 0 Å². The second-order valence-electron chi connectivity index (χ2n) is 6.60. The number of para-hydroxylation sites is 3. The standard InChI is InChI=1S/C21H25N3O3/c1-17(25)24-13-7-12-23(14-15-24)16-21(26)22-19-10-5-6-11-20(19)27-18-8-3-2-4-9-18/h2-6,8-11H,7,12-16H2,1H3,(H,22,26). The summed E-state index contributed by atoms with van der Waals surface area (Å²) < 4.78 is 5.89. The highest BCUT2D eigenvalue weighted by Crippen LogP contribution is 2.29. The Morgan fingerprint density at radius 1 is 0.963 bits per heavy atom. The lowest BCUT2D eigenvalue weighted by Crippen LogP contribution is -2.37. The molecule has 2 aromatic rings. The highest BCUT2D eigenvalue weighted by Gasteiger charge is 2.19. The van der Waals surface area contributed by atoms with Gasteiger partial charge in [0, 0.05) is 33.1 Å². The van der Waals surface area contributed by atoms with Crippen LogP contribution in [-0.2, 0) is 9.59 Å². The van der Waals surface area contributed by atoms with Crippen molar-refractivity contribution in [2.45, 2.75) is 13.3 Å². The van der Waals surface area contributed by atoms with Crippen LogP contribution in [-0.4, -0.2) is 54.3 Å². The van der Waals surface area contributed by atoms with E-state index in [0.717, 1.165) is 25.3 Å². The van der Waals surface area contributed by atoms with Gasteiger partial charge in [0.2, 0.25) is 11.8 Å². The van der Waals surface area contributed by atoms with Crippen LogP contribution < -0.4 is 10.1 Å². The summed E-state index contributed by atoms with van der Waals surface area (Å²) in [5.74, 6) is 1.33. The first kappa shape index (κ1) is 18.9. The Morgan fingerprint density at radius 2 is 1.70 bits per heavy atom. The van der Waals surface area contributed by atoms with Gasteiger partial charge >= 0.3 is 0 Å². The third kappa shape index (κ3) is 5.56. The van der Waals surface area contributed by atoms with Crippen molar-refractivity contribution >= 4 is 17.5 Å². The minimum Gasteiger partial charge on any atom is -0.455 e. The number of anilines is 1. The average molecular weight is 367 g/mol. The lowest BCUT2D eigenvalue weighted by Gasteiger charge is -2.21. The molecule has 6 heteroatoms. The third-order valence-electron chi connectivity index (χ3n) is 4.53. The van der Waals surface area contributed by atoms with Crippen LogP contribution in [0.3, 0.4) is 0 Å². The number of nitrogens with one attached hydrogen (secondary N) is 1. The van der Waals surface area contributed by atoms with E-state index in [-0.39, 0.29) is 11.8 Å². The van der Waals surface area contributed by atoms with Crippen LogP contribution in [0.2, 0.25) is 0 Å². The molecule has 0 atom stereocenters. The zero-order valence-electron chi connectivity index (χ0n) is 15.6. The highest BCUT2D eigenvalue weighted by atomic mass is 16.5. The second-order valence-corrected chi connectivity index (χ2v) is 6.60. The predicted octanol–water partition coefficient (Wildman–Crippen LogP) is 2.97. The van der Waals surface area contributed by atoms with Crippen molar-refractivity contribution in [3.8, 4) is 11.5 Å². The number of carbonyl (C=O) groups is 2. The number of hydrogen-bond acceptors (Lipinski definition) is 4. The van der Waals surface area contributed by atoms with E-state index in [4.69, 9.17) is 4.74 Å². The number of amides is 2. The van der Waals surface area contributed by atoms with Crippen molar-refractivity contribution in [1.29, 1.82) is 0 Å². The molecule has 1 aliphatic heterocycles. The Hall–Kier alpha value is -2.86. The molecule has 0 unspecified atom stereocenters. The summed E-state index contributed by atoms with van der Waals surface area (Å²) in [6.07, 6.45) is 0.876. The van der Waals surface area contributed by atoms with Crippen LogP contribution in [0.5, 0.6) is 11.5 Å². The zero-order chi connectivity index (χ0) is 19.1. The number of benzene rings is 2. The quantitative estimate of drug-likeness (QED) is 0.883. The second kappa shape index (κ2) is 9.19. The minimum atomic E-state index is -0.0876. The molecule has 2 amide bonds. The van der Waals surface area contributed by atoms with Gasteiger partial charge in [-0.15, -0.1) is 0 Å². The average Bonchev–Trinajstić information content (AvgIpc) is 2.90. The highest BCUT2D eigenvalue weighted by molar-refractivity contribution is 5.93. The van der Waals surface area contributed by atoms with E-state index in [1.807, 2.05) is 59.5 Å². The smallest absolute Gasteiger partial charge is 0.238 e. The van der Waals surface area contributed by atoms with Gasteiger partial charge in [0.25, 0.3) is 0 Å². The van der Waals surface area contributed by atoms with Crippen molar-refractivity contribution in [2.75, 3.05) is 38.0 Å². The van der Waals surface area contributed by atoms with Crippen LogP contribution in [0, 0.1) is 0 Å². The molecule has 1 saturated heterocycles. The van der Waals surface area contributed by atoms with Crippen LogP contribution in [0.4, 0.5) is 5.69 Å². The van der Waals surface area contributed by atoms with Gasteiger partial charge in [-0.25, -0.2) is 0 Å². The van der Waals surface area contributed by atoms with E-state index in [1.54, 1.807) is 6.92 Å². The first-order chi connectivity index (χ1) is 13.1. The van der Waals surface area contributed by atoms with Crippen molar-refractivity contribution in [3.05, 3.63) is 54.6 Å². The number of rotatable bonds is 5. The number of carbonyl (C=O) groups excluding carboxylic acids is 2. The first-order valence-corrected chi connectivity index (χ1v) is 9.21. The van der Waals surface area contributed by atoms with Crippen LogP contribution in [0.1, 0.15) is 13.3 Å². The van der Waals surface area contributed by atoms with Gasteiger partial charge < -0.3 is 15.0 Å². The first-order valence-electron chi connectivity index (χ1n) is 9.21. The van der Waals surface area contributed by atoms with Crippen molar-refractivity contribution in [3.63, 3.8) is 0 Å². The fourth-order valence-corrected chi connectivity index (χ4v) is 3.11. The lowest BCUT2D eigenvalue weighted by molar-refractivity contribution is -0.128. The van der Waals surface area contributed by atoms with Gasteiger partial charge in [-0.2, -0.15) is 0 Å². The summed E-state index contributed by atoms with van der Waals surface area (Å²) in [4.78, 5) is 28.0. The van der Waals surface area contributed by atoms with Gasteiger partial charge in [0.15, 0.2) is 5.75 Å². The van der Waals surface area contributed by atoms with Gasteiger partial charge in [0.05, 0.1) is 12.2 Å². The predicted molar refractivity (Wildman–Crippen MR) is 105 cm³/mol. The molecule has 0 saturated carbocycles. The maximum Gasteiger partial charge on any atom is 0.238 e. The Labute approximate surface area is 159 Å². The normalized spacial score (nSPS) is 15.1. The maximum absolute atomic E-state index is 12.5. The molecule has 1 aliphatic rings. The van der Waals surface area contributed by atoms with E-state index in [1.165, 1.54) is 0 Å². The lowest BCUT2D eigenvalue weighted by atomic mass is 10.2. The molecule has 3 rings (SSSR count). The topological polar surface area (TPSA) is 61.9 Å². The molecular formula is C21H25N3O3. The Morgan fingerprint density at radius 3 is 2.48 bits per heavy atom.